The molecule has 1 unspecified atom stereocenters. The second-order valence-electron chi connectivity index (χ2n) is 5.50. The fraction of sp³-hybridized carbons (Fsp3) is 0.625. The van der Waals surface area contributed by atoms with Crippen LogP contribution in [0.5, 0.6) is 0 Å². The predicted molar refractivity (Wildman–Crippen MR) is 82.8 cm³/mol. The van der Waals surface area contributed by atoms with Gasteiger partial charge in [-0.15, -0.1) is 0 Å². The number of hydrogen-bond donors (Lipinski definition) is 1. The molecule has 1 aliphatic heterocycles. The zero-order valence-corrected chi connectivity index (χ0v) is 12.8. The third-order valence-electron chi connectivity index (χ3n) is 4.12. The molecule has 1 saturated heterocycles. The van der Waals surface area contributed by atoms with Gasteiger partial charge in [-0.3, -0.25) is 0 Å². The van der Waals surface area contributed by atoms with E-state index in [0.717, 1.165) is 5.02 Å². The van der Waals surface area contributed by atoms with Gasteiger partial charge >= 0.3 is 0 Å². The van der Waals surface area contributed by atoms with Crippen LogP contribution in [-0.2, 0) is 0 Å². The van der Waals surface area contributed by atoms with Crippen molar-refractivity contribution in [1.29, 1.82) is 0 Å². The van der Waals surface area contributed by atoms with Crippen LogP contribution >= 0.6 is 11.6 Å². The van der Waals surface area contributed by atoms with Gasteiger partial charge in [0.25, 0.3) is 0 Å². The van der Waals surface area contributed by atoms with Crippen LogP contribution in [0.25, 0.3) is 0 Å². The Balaban J connectivity index is 1.88. The van der Waals surface area contributed by atoms with Crippen LogP contribution in [0, 0.1) is 0 Å². The highest BCUT2D eigenvalue weighted by molar-refractivity contribution is 6.30. The van der Waals surface area contributed by atoms with Crippen molar-refractivity contribution in [3.63, 3.8) is 0 Å². The molecule has 2 atom stereocenters. The van der Waals surface area contributed by atoms with E-state index in [1.54, 1.807) is 0 Å². The second-order valence-corrected chi connectivity index (χ2v) is 5.94. The molecule has 0 spiro atoms. The summed E-state index contributed by atoms with van der Waals surface area (Å²) in [5.74, 6) is 0. The summed E-state index contributed by atoms with van der Waals surface area (Å²) in [6, 6.07) is 9.23. The molecule has 0 radical (unpaired) electrons. The number of benzene rings is 1. The maximum Gasteiger partial charge on any atom is 0.0406 e. The maximum atomic E-state index is 5.94. The molecule has 1 aromatic rings. The molecule has 2 rings (SSSR count). The highest BCUT2D eigenvalue weighted by Gasteiger charge is 2.18. The summed E-state index contributed by atoms with van der Waals surface area (Å²) in [5.41, 5.74) is 1.32. The third kappa shape index (κ3) is 4.48. The molecule has 3 heteroatoms. The Morgan fingerprint density at radius 2 is 2.00 bits per heavy atom. The summed E-state index contributed by atoms with van der Waals surface area (Å²) < 4.78 is 0. The summed E-state index contributed by atoms with van der Waals surface area (Å²) in [6.45, 7) is 8.15. The van der Waals surface area contributed by atoms with Crippen molar-refractivity contribution < 1.29 is 0 Å². The van der Waals surface area contributed by atoms with E-state index in [1.165, 1.54) is 44.5 Å². The number of hydrogen-bond acceptors (Lipinski definition) is 2. The normalized spacial score (nSPS) is 23.0. The van der Waals surface area contributed by atoms with Crippen LogP contribution in [0.3, 0.4) is 0 Å². The summed E-state index contributed by atoms with van der Waals surface area (Å²) in [4.78, 5) is 2.55. The molecular formula is C16H25ClN2. The molecule has 2 nitrogen and oxygen atoms in total. The van der Waals surface area contributed by atoms with Crippen LogP contribution in [-0.4, -0.2) is 30.6 Å². The number of nitrogens with zero attached hydrogens (tertiary/aromatic N) is 1. The molecule has 1 fully saturated rings. The highest BCUT2D eigenvalue weighted by atomic mass is 35.5. The van der Waals surface area contributed by atoms with Gasteiger partial charge in [-0.05, 0) is 63.5 Å². The zero-order chi connectivity index (χ0) is 13.7. The van der Waals surface area contributed by atoms with Crippen molar-refractivity contribution in [3.05, 3.63) is 34.9 Å². The molecule has 1 N–H and O–H groups in total. The molecular weight excluding hydrogens is 256 g/mol. The Morgan fingerprint density at radius 1 is 1.26 bits per heavy atom. The van der Waals surface area contributed by atoms with Crippen LogP contribution in [0.15, 0.2) is 24.3 Å². The van der Waals surface area contributed by atoms with Crippen LogP contribution in [0.1, 0.15) is 44.7 Å². The van der Waals surface area contributed by atoms with Gasteiger partial charge in [0.15, 0.2) is 0 Å². The Bertz CT molecular complexity index is 377. The first-order valence-electron chi connectivity index (χ1n) is 7.43. The van der Waals surface area contributed by atoms with E-state index in [4.69, 9.17) is 11.6 Å². The lowest BCUT2D eigenvalue weighted by molar-refractivity contribution is 0.295. The Morgan fingerprint density at radius 3 is 2.68 bits per heavy atom. The van der Waals surface area contributed by atoms with Crippen molar-refractivity contribution in [1.82, 2.24) is 10.2 Å². The summed E-state index contributed by atoms with van der Waals surface area (Å²) >= 11 is 5.94. The Labute approximate surface area is 122 Å². The van der Waals surface area contributed by atoms with Crippen molar-refractivity contribution in [3.8, 4) is 0 Å². The maximum absolute atomic E-state index is 5.94. The summed E-state index contributed by atoms with van der Waals surface area (Å²) in [7, 11) is 0. The monoisotopic (exact) mass is 280 g/mol. The molecule has 19 heavy (non-hydrogen) atoms. The molecule has 0 bridgehead atoms. The molecule has 1 heterocycles. The first-order valence-corrected chi connectivity index (χ1v) is 7.80. The highest BCUT2D eigenvalue weighted by Crippen LogP contribution is 2.19. The second kappa shape index (κ2) is 7.28. The fourth-order valence-electron chi connectivity index (χ4n) is 2.84. The van der Waals surface area contributed by atoms with Gasteiger partial charge in [0.1, 0.15) is 0 Å². The Hall–Kier alpha value is -0.570. The average Bonchev–Trinajstić information content (AvgIpc) is 2.64. The van der Waals surface area contributed by atoms with Gasteiger partial charge in [0.2, 0.25) is 0 Å². The van der Waals surface area contributed by atoms with E-state index >= 15 is 0 Å². The molecule has 106 valence electrons. The standard InChI is InChI=1S/C16H25ClN2/c1-3-19-11-4-5-16(10-12-19)18-13(2)14-6-8-15(17)9-7-14/h6-9,13,16,18H,3-5,10-12H2,1-2H3/t13-,16?/m1/s1. The van der Waals surface area contributed by atoms with Crippen molar-refractivity contribution in [2.24, 2.45) is 0 Å². The first-order chi connectivity index (χ1) is 9.19. The molecule has 0 aliphatic carbocycles. The summed E-state index contributed by atoms with van der Waals surface area (Å²) in [6.07, 6.45) is 3.85. The fourth-order valence-corrected chi connectivity index (χ4v) is 2.97. The smallest absolute Gasteiger partial charge is 0.0406 e. The molecule has 1 aromatic carbocycles. The van der Waals surface area contributed by atoms with E-state index < -0.39 is 0 Å². The minimum Gasteiger partial charge on any atom is -0.307 e. The topological polar surface area (TPSA) is 15.3 Å². The molecule has 1 aliphatic rings. The van der Waals surface area contributed by atoms with Gasteiger partial charge in [-0.1, -0.05) is 30.7 Å². The number of rotatable bonds is 4. The Kier molecular flexibility index (Phi) is 5.68. The minimum absolute atomic E-state index is 0.399. The predicted octanol–water partition coefficient (Wildman–Crippen LogP) is 3.87. The minimum atomic E-state index is 0.399. The number of likely N-dealkylation sites (tertiary alicyclic amines) is 1. The van der Waals surface area contributed by atoms with Crippen molar-refractivity contribution in [2.75, 3.05) is 19.6 Å². The average molecular weight is 281 g/mol. The van der Waals surface area contributed by atoms with Crippen LogP contribution in [0.4, 0.5) is 0 Å². The largest absolute Gasteiger partial charge is 0.307 e. The third-order valence-corrected chi connectivity index (χ3v) is 4.38. The van der Waals surface area contributed by atoms with Crippen molar-refractivity contribution in [2.45, 2.75) is 45.2 Å². The van der Waals surface area contributed by atoms with E-state index in [2.05, 4.69) is 36.2 Å². The van der Waals surface area contributed by atoms with Crippen LogP contribution < -0.4 is 5.32 Å². The molecule has 0 aromatic heterocycles. The molecule has 0 amide bonds. The van der Waals surface area contributed by atoms with E-state index in [-0.39, 0.29) is 0 Å². The first kappa shape index (κ1) is 14.8. The van der Waals surface area contributed by atoms with Gasteiger partial charge < -0.3 is 10.2 Å². The van der Waals surface area contributed by atoms with Gasteiger partial charge in [-0.25, -0.2) is 0 Å². The number of halogens is 1. The van der Waals surface area contributed by atoms with E-state index in [1.807, 2.05) is 12.1 Å². The van der Waals surface area contributed by atoms with Gasteiger partial charge in [0.05, 0.1) is 0 Å². The quantitative estimate of drug-likeness (QED) is 0.901. The molecule has 0 saturated carbocycles. The lowest BCUT2D eigenvalue weighted by Gasteiger charge is -2.23. The van der Waals surface area contributed by atoms with Crippen molar-refractivity contribution >= 4 is 11.6 Å². The van der Waals surface area contributed by atoms with E-state index in [0.29, 0.717) is 12.1 Å². The van der Waals surface area contributed by atoms with E-state index in [9.17, 15) is 0 Å². The van der Waals surface area contributed by atoms with Gasteiger partial charge in [0, 0.05) is 17.1 Å². The lowest BCUT2D eigenvalue weighted by atomic mass is 10.0. The van der Waals surface area contributed by atoms with Crippen LogP contribution in [0.2, 0.25) is 5.02 Å². The zero-order valence-electron chi connectivity index (χ0n) is 12.0. The lowest BCUT2D eigenvalue weighted by Crippen LogP contribution is -2.32. The SMILES string of the molecule is CCN1CCCC(N[C@H](C)c2ccc(Cl)cc2)CC1. The van der Waals surface area contributed by atoms with Gasteiger partial charge in [-0.2, -0.15) is 0 Å². The number of nitrogens with one attached hydrogen (secondary N) is 1. The summed E-state index contributed by atoms with van der Waals surface area (Å²) in [5, 5.41) is 4.58.